The lowest BCUT2D eigenvalue weighted by Crippen LogP contribution is -3.11. The predicted octanol–water partition coefficient (Wildman–Crippen LogP) is 0.104. The first-order chi connectivity index (χ1) is 8.35. The molecule has 0 fully saturated rings. The Bertz CT molecular complexity index is 420. The molecule has 0 aliphatic rings. The van der Waals surface area contributed by atoms with Crippen LogP contribution in [0.4, 0.5) is 5.69 Å². The Kier molecular flexibility index (Phi) is 7.58. The summed E-state index contributed by atoms with van der Waals surface area (Å²) in [6.45, 7) is 10.5. The van der Waals surface area contributed by atoms with Crippen molar-refractivity contribution in [3.8, 4) is 0 Å². The fraction of sp³-hybridized carbons (Fsp3) is 0.500. The van der Waals surface area contributed by atoms with E-state index in [-0.39, 0.29) is 4.90 Å². The fourth-order valence-corrected chi connectivity index (χ4v) is 1.85. The van der Waals surface area contributed by atoms with Crippen LogP contribution in [0, 0.1) is 0 Å². The molecule has 5 nitrogen and oxygen atoms in total. The Balaban J connectivity index is 0.000000360. The highest BCUT2D eigenvalue weighted by molar-refractivity contribution is 7.85. The van der Waals surface area contributed by atoms with Crippen molar-refractivity contribution in [2.24, 2.45) is 0 Å². The zero-order chi connectivity index (χ0) is 14.2. The highest BCUT2D eigenvalue weighted by atomic mass is 32.2. The highest BCUT2D eigenvalue weighted by Gasteiger charge is 1.98. The lowest BCUT2D eigenvalue weighted by atomic mass is 10.3. The highest BCUT2D eigenvalue weighted by Crippen LogP contribution is 2.10. The average Bonchev–Trinajstić information content (AvgIpc) is 2.31. The first-order valence-corrected chi connectivity index (χ1v) is 7.40. The van der Waals surface area contributed by atoms with Crippen molar-refractivity contribution in [2.75, 3.05) is 25.4 Å². The zero-order valence-corrected chi connectivity index (χ0v) is 12.0. The minimum Gasteiger partial charge on any atom is -0.744 e. The third kappa shape index (κ3) is 6.58. The van der Waals surface area contributed by atoms with Gasteiger partial charge in [0.05, 0.1) is 24.5 Å². The molecule has 1 aromatic rings. The normalized spacial score (nSPS) is 10.9. The van der Waals surface area contributed by atoms with Gasteiger partial charge in [0.25, 0.3) is 0 Å². The number of rotatable bonds is 4. The Labute approximate surface area is 109 Å². The molecule has 0 spiro atoms. The van der Waals surface area contributed by atoms with Crippen LogP contribution >= 0.6 is 0 Å². The summed E-state index contributed by atoms with van der Waals surface area (Å²) < 4.78 is 31.0. The van der Waals surface area contributed by atoms with E-state index in [4.69, 9.17) is 5.73 Å². The second-order valence-corrected chi connectivity index (χ2v) is 5.21. The summed E-state index contributed by atoms with van der Waals surface area (Å²) in [5.74, 6) is 0. The SMILES string of the molecule is CC[NH+](CC)CC.Nc1ccc(S(=O)(=O)[O-])cc1. The summed E-state index contributed by atoms with van der Waals surface area (Å²) in [7, 11) is -4.33. The summed E-state index contributed by atoms with van der Waals surface area (Å²) in [6.07, 6.45) is 0. The molecule has 0 amide bonds. The van der Waals surface area contributed by atoms with Crippen LogP contribution in [-0.4, -0.2) is 32.6 Å². The molecule has 0 heterocycles. The minimum atomic E-state index is -4.33. The molecule has 0 unspecified atom stereocenters. The van der Waals surface area contributed by atoms with Crippen molar-refractivity contribution in [3.05, 3.63) is 24.3 Å². The molecule has 0 bridgehead atoms. The Hall–Kier alpha value is -1.11. The van der Waals surface area contributed by atoms with E-state index < -0.39 is 10.1 Å². The van der Waals surface area contributed by atoms with Gasteiger partial charge in [-0.25, -0.2) is 8.42 Å². The smallest absolute Gasteiger partial charge is 0.124 e. The molecular weight excluding hydrogens is 252 g/mol. The van der Waals surface area contributed by atoms with Crippen molar-refractivity contribution in [3.63, 3.8) is 0 Å². The van der Waals surface area contributed by atoms with Crippen LogP contribution in [0.25, 0.3) is 0 Å². The molecule has 104 valence electrons. The van der Waals surface area contributed by atoms with Crippen LogP contribution in [0.3, 0.4) is 0 Å². The quantitative estimate of drug-likeness (QED) is 0.602. The second kappa shape index (κ2) is 8.07. The standard InChI is InChI=1S/C6H7NO3S.C6H15N/c7-5-1-3-6(4-2-5)11(8,9)10;1-4-7(5-2)6-3/h1-4H,7H2,(H,8,9,10);4-6H2,1-3H3. The average molecular weight is 274 g/mol. The van der Waals surface area contributed by atoms with E-state index in [0.717, 1.165) is 0 Å². The molecule has 1 aromatic carbocycles. The van der Waals surface area contributed by atoms with Crippen molar-refractivity contribution < 1.29 is 17.9 Å². The number of nitrogens with one attached hydrogen (secondary N) is 1. The number of nitrogen functional groups attached to an aromatic ring is 1. The van der Waals surface area contributed by atoms with Gasteiger partial charge in [0.1, 0.15) is 10.1 Å². The Morgan fingerprint density at radius 2 is 1.44 bits per heavy atom. The number of hydrogen-bond acceptors (Lipinski definition) is 4. The van der Waals surface area contributed by atoms with E-state index in [9.17, 15) is 13.0 Å². The summed E-state index contributed by atoms with van der Waals surface area (Å²) in [5, 5.41) is 0. The van der Waals surface area contributed by atoms with Crippen LogP contribution in [0.5, 0.6) is 0 Å². The molecule has 18 heavy (non-hydrogen) atoms. The molecule has 0 atom stereocenters. The first-order valence-electron chi connectivity index (χ1n) is 6.00. The molecular formula is C12H22N2O3S. The molecule has 0 aliphatic heterocycles. The number of hydrogen-bond donors (Lipinski definition) is 2. The van der Waals surface area contributed by atoms with Gasteiger partial charge in [-0.2, -0.15) is 0 Å². The molecule has 0 aromatic heterocycles. The summed E-state index contributed by atoms with van der Waals surface area (Å²) in [6, 6.07) is 5.09. The van der Waals surface area contributed by atoms with Crippen LogP contribution in [0.2, 0.25) is 0 Å². The Morgan fingerprint density at radius 1 is 1.06 bits per heavy atom. The second-order valence-electron chi connectivity index (χ2n) is 3.83. The molecule has 0 saturated carbocycles. The van der Waals surface area contributed by atoms with E-state index in [1.54, 1.807) is 4.90 Å². The van der Waals surface area contributed by atoms with Gasteiger partial charge in [0.2, 0.25) is 0 Å². The van der Waals surface area contributed by atoms with Gasteiger partial charge in [0, 0.05) is 5.69 Å². The van der Waals surface area contributed by atoms with E-state index >= 15 is 0 Å². The zero-order valence-electron chi connectivity index (χ0n) is 11.1. The van der Waals surface area contributed by atoms with E-state index in [1.165, 1.54) is 43.9 Å². The van der Waals surface area contributed by atoms with Gasteiger partial charge in [-0.3, -0.25) is 0 Å². The van der Waals surface area contributed by atoms with E-state index in [2.05, 4.69) is 20.8 Å². The van der Waals surface area contributed by atoms with E-state index in [1.807, 2.05) is 0 Å². The number of benzene rings is 1. The first kappa shape index (κ1) is 16.9. The van der Waals surface area contributed by atoms with Crippen molar-refractivity contribution >= 4 is 15.8 Å². The predicted molar refractivity (Wildman–Crippen MR) is 71.4 cm³/mol. The summed E-state index contributed by atoms with van der Waals surface area (Å²) >= 11 is 0. The number of quaternary nitrogens is 1. The van der Waals surface area contributed by atoms with Crippen molar-refractivity contribution in [2.45, 2.75) is 25.7 Å². The minimum absolute atomic E-state index is 0.258. The topological polar surface area (TPSA) is 87.7 Å². The lowest BCUT2D eigenvalue weighted by molar-refractivity contribution is -0.894. The maximum atomic E-state index is 10.3. The molecule has 0 aliphatic carbocycles. The Morgan fingerprint density at radius 3 is 1.67 bits per heavy atom. The monoisotopic (exact) mass is 274 g/mol. The van der Waals surface area contributed by atoms with Crippen LogP contribution in [-0.2, 0) is 10.1 Å². The molecule has 1 rings (SSSR count). The number of anilines is 1. The van der Waals surface area contributed by atoms with Gasteiger partial charge >= 0.3 is 0 Å². The lowest BCUT2D eigenvalue weighted by Gasteiger charge is -2.10. The van der Waals surface area contributed by atoms with Crippen LogP contribution < -0.4 is 10.6 Å². The van der Waals surface area contributed by atoms with Crippen LogP contribution in [0.1, 0.15) is 20.8 Å². The summed E-state index contributed by atoms with van der Waals surface area (Å²) in [4.78, 5) is 1.42. The van der Waals surface area contributed by atoms with Gasteiger partial charge in [-0.15, -0.1) is 0 Å². The largest absolute Gasteiger partial charge is 0.744 e. The van der Waals surface area contributed by atoms with Gasteiger partial charge < -0.3 is 15.2 Å². The third-order valence-electron chi connectivity index (χ3n) is 2.67. The maximum Gasteiger partial charge on any atom is 0.124 e. The van der Waals surface area contributed by atoms with Gasteiger partial charge in [-0.1, -0.05) is 0 Å². The maximum absolute atomic E-state index is 10.3. The molecule has 3 N–H and O–H groups in total. The van der Waals surface area contributed by atoms with Gasteiger partial charge in [0.15, 0.2) is 0 Å². The van der Waals surface area contributed by atoms with Crippen LogP contribution in [0.15, 0.2) is 29.2 Å². The molecule has 6 heteroatoms. The molecule has 0 saturated heterocycles. The third-order valence-corrected chi connectivity index (χ3v) is 3.52. The van der Waals surface area contributed by atoms with Crippen molar-refractivity contribution in [1.82, 2.24) is 0 Å². The fourth-order valence-electron chi connectivity index (χ4n) is 1.38. The molecule has 0 radical (unpaired) electrons. The summed E-state index contributed by atoms with van der Waals surface area (Å²) in [5.41, 5.74) is 5.70. The van der Waals surface area contributed by atoms with E-state index in [0.29, 0.717) is 5.69 Å². The van der Waals surface area contributed by atoms with Gasteiger partial charge in [-0.05, 0) is 45.0 Å². The number of nitrogens with two attached hydrogens (primary N) is 1. The van der Waals surface area contributed by atoms with Crippen molar-refractivity contribution in [1.29, 1.82) is 0 Å².